The second-order valence-corrected chi connectivity index (χ2v) is 2.64. The summed E-state index contributed by atoms with van der Waals surface area (Å²) in [7, 11) is 0. The summed E-state index contributed by atoms with van der Waals surface area (Å²) in [5.41, 5.74) is 1.37. The van der Waals surface area contributed by atoms with E-state index in [1.165, 1.54) is 5.56 Å². The molecular formula is C12H13. The third-order valence-corrected chi connectivity index (χ3v) is 1.69. The summed E-state index contributed by atoms with van der Waals surface area (Å²) in [6.45, 7) is 5.20. The average molecular weight is 157 g/mol. The minimum atomic E-state index is 1.05. The molecule has 1 radical (unpaired) electrons. The van der Waals surface area contributed by atoms with Crippen LogP contribution < -0.4 is 0 Å². The highest BCUT2D eigenvalue weighted by atomic mass is 13.9. The SMILES string of the molecule is [CH]=C/C=C/CCc1ccccc1. The molecule has 0 unspecified atom stereocenters. The quantitative estimate of drug-likeness (QED) is 0.589. The van der Waals surface area contributed by atoms with Crippen molar-refractivity contribution in [1.29, 1.82) is 0 Å². The lowest BCUT2D eigenvalue weighted by molar-refractivity contribution is 1.00. The largest absolute Gasteiger partial charge is 0.0842 e. The molecule has 61 valence electrons. The highest BCUT2D eigenvalue weighted by Gasteiger charge is 1.86. The van der Waals surface area contributed by atoms with Crippen LogP contribution in [-0.2, 0) is 6.42 Å². The standard InChI is InChI=1S/C12H13/c1-2-3-4-6-9-12-10-7-5-8-11-12/h1-5,7-8,10-11H,6,9H2/b2-1?,4-3+. The van der Waals surface area contributed by atoms with E-state index in [0.717, 1.165) is 12.8 Å². The fourth-order valence-electron chi connectivity index (χ4n) is 1.07. The molecule has 0 bridgehead atoms. The van der Waals surface area contributed by atoms with Crippen LogP contribution >= 0.6 is 0 Å². The van der Waals surface area contributed by atoms with E-state index in [-0.39, 0.29) is 0 Å². The lowest BCUT2D eigenvalue weighted by Gasteiger charge is -1.95. The van der Waals surface area contributed by atoms with Crippen LogP contribution in [0.25, 0.3) is 0 Å². The zero-order valence-corrected chi connectivity index (χ0v) is 7.11. The smallest absolute Gasteiger partial charge is 0.0244 e. The van der Waals surface area contributed by atoms with Gasteiger partial charge < -0.3 is 0 Å². The monoisotopic (exact) mass is 157 g/mol. The highest BCUT2D eigenvalue weighted by Crippen LogP contribution is 2.02. The molecule has 0 fully saturated rings. The third kappa shape index (κ3) is 3.20. The lowest BCUT2D eigenvalue weighted by atomic mass is 10.1. The zero-order chi connectivity index (χ0) is 8.65. The summed E-state index contributed by atoms with van der Waals surface area (Å²) in [5.74, 6) is 0. The molecule has 0 amide bonds. The van der Waals surface area contributed by atoms with E-state index >= 15 is 0 Å². The Kier molecular flexibility index (Phi) is 3.93. The molecule has 1 aromatic rings. The number of benzene rings is 1. The first kappa shape index (κ1) is 8.79. The van der Waals surface area contributed by atoms with Crippen LogP contribution in [0.1, 0.15) is 12.0 Å². The Balaban J connectivity index is 2.33. The molecule has 0 aliphatic carbocycles. The van der Waals surface area contributed by atoms with Gasteiger partial charge in [0.05, 0.1) is 0 Å². The molecule has 1 aromatic carbocycles. The molecule has 0 aromatic heterocycles. The highest BCUT2D eigenvalue weighted by molar-refractivity contribution is 5.15. The molecule has 0 aliphatic rings. The topological polar surface area (TPSA) is 0 Å². The minimum absolute atomic E-state index is 1.05. The van der Waals surface area contributed by atoms with Gasteiger partial charge in [0.15, 0.2) is 0 Å². The van der Waals surface area contributed by atoms with Gasteiger partial charge in [-0.15, -0.1) is 0 Å². The Morgan fingerprint density at radius 3 is 2.58 bits per heavy atom. The summed E-state index contributed by atoms with van der Waals surface area (Å²) in [6.07, 6.45) is 7.66. The van der Waals surface area contributed by atoms with Crippen LogP contribution in [0.3, 0.4) is 0 Å². The molecule has 0 saturated carbocycles. The van der Waals surface area contributed by atoms with Crippen LogP contribution in [0, 0.1) is 6.58 Å². The molecule has 0 aliphatic heterocycles. The van der Waals surface area contributed by atoms with E-state index in [9.17, 15) is 0 Å². The van der Waals surface area contributed by atoms with Gasteiger partial charge in [0, 0.05) is 0 Å². The average Bonchev–Trinajstić information content (AvgIpc) is 2.14. The van der Waals surface area contributed by atoms with E-state index in [2.05, 4.69) is 30.3 Å². The van der Waals surface area contributed by atoms with Crippen LogP contribution in [0.2, 0.25) is 0 Å². The van der Waals surface area contributed by atoms with E-state index in [4.69, 9.17) is 6.58 Å². The predicted octanol–water partition coefficient (Wildman–Crippen LogP) is 3.16. The maximum atomic E-state index is 5.20. The van der Waals surface area contributed by atoms with Crippen molar-refractivity contribution >= 4 is 0 Å². The molecule has 0 nitrogen and oxygen atoms in total. The first-order chi connectivity index (χ1) is 5.93. The Hall–Kier alpha value is -1.30. The van der Waals surface area contributed by atoms with E-state index in [1.54, 1.807) is 6.08 Å². The van der Waals surface area contributed by atoms with Crippen molar-refractivity contribution in [2.75, 3.05) is 0 Å². The predicted molar refractivity (Wildman–Crippen MR) is 52.8 cm³/mol. The Bertz CT molecular complexity index is 244. The third-order valence-electron chi connectivity index (χ3n) is 1.69. The van der Waals surface area contributed by atoms with Gasteiger partial charge in [-0.2, -0.15) is 0 Å². The number of allylic oxidation sites excluding steroid dienone is 3. The lowest BCUT2D eigenvalue weighted by Crippen LogP contribution is -1.80. The van der Waals surface area contributed by atoms with Crippen molar-refractivity contribution in [3.05, 3.63) is 60.7 Å². The van der Waals surface area contributed by atoms with Gasteiger partial charge in [-0.1, -0.05) is 55.1 Å². The maximum Gasteiger partial charge on any atom is -0.0244 e. The van der Waals surface area contributed by atoms with Crippen LogP contribution in [0.5, 0.6) is 0 Å². The fourth-order valence-corrected chi connectivity index (χ4v) is 1.07. The van der Waals surface area contributed by atoms with Gasteiger partial charge in [0.2, 0.25) is 0 Å². The van der Waals surface area contributed by atoms with E-state index < -0.39 is 0 Å². The van der Waals surface area contributed by atoms with E-state index in [1.807, 2.05) is 12.1 Å². The molecule has 0 saturated heterocycles. The summed E-state index contributed by atoms with van der Waals surface area (Å²) in [5, 5.41) is 0. The van der Waals surface area contributed by atoms with Crippen LogP contribution in [0.4, 0.5) is 0 Å². The first-order valence-electron chi connectivity index (χ1n) is 4.17. The van der Waals surface area contributed by atoms with Gasteiger partial charge in [0.25, 0.3) is 0 Å². The van der Waals surface area contributed by atoms with Gasteiger partial charge in [0.1, 0.15) is 0 Å². The molecule has 0 N–H and O–H groups in total. The molecule has 0 heterocycles. The van der Waals surface area contributed by atoms with Crippen LogP contribution in [0.15, 0.2) is 48.6 Å². The van der Waals surface area contributed by atoms with Crippen molar-refractivity contribution < 1.29 is 0 Å². The van der Waals surface area contributed by atoms with Crippen molar-refractivity contribution in [2.45, 2.75) is 12.8 Å². The summed E-state index contributed by atoms with van der Waals surface area (Å²) in [4.78, 5) is 0. The van der Waals surface area contributed by atoms with Crippen molar-refractivity contribution in [3.8, 4) is 0 Å². The van der Waals surface area contributed by atoms with Gasteiger partial charge in [-0.3, -0.25) is 0 Å². The molecule has 0 spiro atoms. The second-order valence-electron chi connectivity index (χ2n) is 2.64. The van der Waals surface area contributed by atoms with Crippen LogP contribution in [-0.4, -0.2) is 0 Å². The number of rotatable bonds is 4. The Morgan fingerprint density at radius 2 is 1.92 bits per heavy atom. The van der Waals surface area contributed by atoms with E-state index in [0.29, 0.717) is 0 Å². The zero-order valence-electron chi connectivity index (χ0n) is 7.11. The normalized spacial score (nSPS) is 10.3. The van der Waals surface area contributed by atoms with Crippen molar-refractivity contribution in [3.63, 3.8) is 0 Å². The van der Waals surface area contributed by atoms with Gasteiger partial charge in [-0.05, 0) is 18.4 Å². The second kappa shape index (κ2) is 5.36. The van der Waals surface area contributed by atoms with Crippen molar-refractivity contribution in [1.82, 2.24) is 0 Å². The summed E-state index contributed by atoms with van der Waals surface area (Å²) < 4.78 is 0. The van der Waals surface area contributed by atoms with Gasteiger partial charge >= 0.3 is 0 Å². The minimum Gasteiger partial charge on any atom is -0.0842 e. The number of hydrogen-bond acceptors (Lipinski definition) is 0. The van der Waals surface area contributed by atoms with Crippen molar-refractivity contribution in [2.24, 2.45) is 0 Å². The summed E-state index contributed by atoms with van der Waals surface area (Å²) >= 11 is 0. The molecule has 0 heteroatoms. The molecular weight excluding hydrogens is 144 g/mol. The maximum absolute atomic E-state index is 5.20. The first-order valence-corrected chi connectivity index (χ1v) is 4.17. The Morgan fingerprint density at radius 1 is 1.17 bits per heavy atom. The molecule has 0 atom stereocenters. The fraction of sp³-hybridized carbons (Fsp3) is 0.167. The van der Waals surface area contributed by atoms with Gasteiger partial charge in [-0.25, -0.2) is 0 Å². The molecule has 12 heavy (non-hydrogen) atoms. The number of hydrogen-bond donors (Lipinski definition) is 0. The summed E-state index contributed by atoms with van der Waals surface area (Å²) in [6, 6.07) is 10.4. The Labute approximate surface area is 74.2 Å². The number of aryl methyl sites for hydroxylation is 1. The molecule has 1 rings (SSSR count).